The fourth-order valence-corrected chi connectivity index (χ4v) is 2.69. The molecule has 106 valence electrons. The summed E-state index contributed by atoms with van der Waals surface area (Å²) in [6.07, 6.45) is 4.09. The number of rotatable bonds is 5. The zero-order chi connectivity index (χ0) is 13.7. The molecule has 0 aromatic heterocycles. The molecule has 1 atom stereocenters. The molecule has 1 heterocycles. The second-order valence-electron chi connectivity index (χ2n) is 4.70. The summed E-state index contributed by atoms with van der Waals surface area (Å²) in [4.78, 5) is 0. The van der Waals surface area contributed by atoms with E-state index in [1.807, 2.05) is 0 Å². The van der Waals surface area contributed by atoms with Crippen molar-refractivity contribution in [1.82, 2.24) is 0 Å². The van der Waals surface area contributed by atoms with Gasteiger partial charge in [0, 0.05) is 12.5 Å². The third-order valence-corrected chi connectivity index (χ3v) is 3.77. The highest BCUT2D eigenvalue weighted by molar-refractivity contribution is 6.17. The van der Waals surface area contributed by atoms with E-state index < -0.39 is 0 Å². The summed E-state index contributed by atoms with van der Waals surface area (Å²) in [5.41, 5.74) is 2.52. The Bertz CT molecular complexity index is 420. The van der Waals surface area contributed by atoms with Gasteiger partial charge in [-0.05, 0) is 48.9 Å². The molecule has 1 aliphatic rings. The van der Waals surface area contributed by atoms with E-state index in [9.17, 15) is 0 Å². The first kappa shape index (κ1) is 14.5. The van der Waals surface area contributed by atoms with Crippen molar-refractivity contribution in [3.63, 3.8) is 0 Å². The van der Waals surface area contributed by atoms with E-state index in [-0.39, 0.29) is 6.10 Å². The standard InChI is InChI=1S/C15H21ClO3/c1-17-14-9-11-5-4-8-19-13(6-3-7-16)12(11)10-15(14)18-2/h9-10,13H,3-8H2,1-2H3. The van der Waals surface area contributed by atoms with Gasteiger partial charge in [0.1, 0.15) is 0 Å². The van der Waals surface area contributed by atoms with Crippen molar-refractivity contribution in [2.75, 3.05) is 26.7 Å². The number of methoxy groups -OCH3 is 2. The van der Waals surface area contributed by atoms with Gasteiger partial charge < -0.3 is 14.2 Å². The zero-order valence-electron chi connectivity index (χ0n) is 11.6. The van der Waals surface area contributed by atoms with Crippen LogP contribution in [-0.4, -0.2) is 26.7 Å². The second kappa shape index (κ2) is 7.01. The lowest BCUT2D eigenvalue weighted by Crippen LogP contribution is -2.06. The first-order chi connectivity index (χ1) is 9.30. The SMILES string of the molecule is COc1cc2c(cc1OC)C(CCCCl)OCCC2. The van der Waals surface area contributed by atoms with Gasteiger partial charge in [-0.3, -0.25) is 0 Å². The van der Waals surface area contributed by atoms with Gasteiger partial charge in [0.05, 0.1) is 20.3 Å². The first-order valence-electron chi connectivity index (χ1n) is 6.72. The van der Waals surface area contributed by atoms with Crippen LogP contribution in [0.2, 0.25) is 0 Å². The Morgan fingerprint density at radius 2 is 2.00 bits per heavy atom. The maximum atomic E-state index is 5.95. The molecule has 0 amide bonds. The fraction of sp³-hybridized carbons (Fsp3) is 0.600. The van der Waals surface area contributed by atoms with Crippen LogP contribution in [0.4, 0.5) is 0 Å². The van der Waals surface area contributed by atoms with Gasteiger partial charge in [-0.1, -0.05) is 0 Å². The summed E-state index contributed by atoms with van der Waals surface area (Å²) >= 11 is 5.79. The topological polar surface area (TPSA) is 27.7 Å². The van der Waals surface area contributed by atoms with Crippen molar-refractivity contribution in [1.29, 1.82) is 0 Å². The number of halogens is 1. The molecular weight excluding hydrogens is 264 g/mol. The summed E-state index contributed by atoms with van der Waals surface area (Å²) in [6, 6.07) is 4.13. The van der Waals surface area contributed by atoms with Crippen molar-refractivity contribution >= 4 is 11.6 Å². The van der Waals surface area contributed by atoms with Crippen LogP contribution in [0.3, 0.4) is 0 Å². The summed E-state index contributed by atoms with van der Waals surface area (Å²) in [6.45, 7) is 0.798. The number of fused-ring (bicyclic) bond motifs is 1. The molecule has 1 aromatic rings. The third kappa shape index (κ3) is 3.34. The second-order valence-corrected chi connectivity index (χ2v) is 5.08. The normalized spacial score (nSPS) is 18.6. The van der Waals surface area contributed by atoms with Gasteiger partial charge >= 0.3 is 0 Å². The maximum Gasteiger partial charge on any atom is 0.161 e. The zero-order valence-corrected chi connectivity index (χ0v) is 12.3. The Morgan fingerprint density at radius 3 is 2.68 bits per heavy atom. The number of hydrogen-bond donors (Lipinski definition) is 0. The van der Waals surface area contributed by atoms with Crippen LogP contribution in [0, 0.1) is 0 Å². The Labute approximate surface area is 119 Å². The van der Waals surface area contributed by atoms with Gasteiger partial charge in [-0.25, -0.2) is 0 Å². The number of hydrogen-bond acceptors (Lipinski definition) is 3. The average Bonchev–Trinajstić information content (AvgIpc) is 2.65. The molecule has 0 saturated carbocycles. The van der Waals surface area contributed by atoms with Crippen LogP contribution < -0.4 is 9.47 Å². The molecule has 2 rings (SSSR count). The maximum absolute atomic E-state index is 5.95. The van der Waals surface area contributed by atoms with Gasteiger partial charge in [0.15, 0.2) is 11.5 Å². The monoisotopic (exact) mass is 284 g/mol. The van der Waals surface area contributed by atoms with Gasteiger partial charge in [-0.2, -0.15) is 0 Å². The highest BCUT2D eigenvalue weighted by atomic mass is 35.5. The molecule has 0 aliphatic carbocycles. The summed E-state index contributed by atoms with van der Waals surface area (Å²) in [5.74, 6) is 2.23. The summed E-state index contributed by atoms with van der Waals surface area (Å²) in [5, 5.41) is 0. The van der Waals surface area contributed by atoms with E-state index in [1.165, 1.54) is 11.1 Å². The van der Waals surface area contributed by atoms with Crippen molar-refractivity contribution in [3.05, 3.63) is 23.3 Å². The lowest BCUT2D eigenvalue weighted by atomic mass is 9.96. The van der Waals surface area contributed by atoms with Crippen molar-refractivity contribution in [3.8, 4) is 11.5 Å². The highest BCUT2D eigenvalue weighted by Crippen LogP contribution is 2.38. The smallest absolute Gasteiger partial charge is 0.161 e. The summed E-state index contributed by atoms with van der Waals surface area (Å²) < 4.78 is 16.7. The molecule has 0 bridgehead atoms. The molecule has 0 fully saturated rings. The number of benzene rings is 1. The largest absolute Gasteiger partial charge is 0.493 e. The molecule has 1 aromatic carbocycles. The molecule has 1 unspecified atom stereocenters. The van der Waals surface area contributed by atoms with E-state index in [1.54, 1.807) is 14.2 Å². The van der Waals surface area contributed by atoms with Crippen LogP contribution in [0.15, 0.2) is 12.1 Å². The lowest BCUT2D eigenvalue weighted by Gasteiger charge is -2.19. The van der Waals surface area contributed by atoms with E-state index >= 15 is 0 Å². The number of aryl methyl sites for hydroxylation is 1. The van der Waals surface area contributed by atoms with E-state index in [0.717, 1.165) is 43.8 Å². The van der Waals surface area contributed by atoms with Crippen molar-refractivity contribution < 1.29 is 14.2 Å². The molecule has 0 N–H and O–H groups in total. The molecule has 19 heavy (non-hydrogen) atoms. The molecule has 0 radical (unpaired) electrons. The van der Waals surface area contributed by atoms with E-state index in [0.29, 0.717) is 5.88 Å². The minimum atomic E-state index is 0.121. The summed E-state index contributed by atoms with van der Waals surface area (Å²) in [7, 11) is 3.33. The first-order valence-corrected chi connectivity index (χ1v) is 7.26. The Hall–Kier alpha value is -0.930. The van der Waals surface area contributed by atoms with Crippen LogP contribution in [-0.2, 0) is 11.2 Å². The van der Waals surface area contributed by atoms with Crippen LogP contribution in [0.5, 0.6) is 11.5 Å². The van der Waals surface area contributed by atoms with Crippen molar-refractivity contribution in [2.24, 2.45) is 0 Å². The van der Waals surface area contributed by atoms with Gasteiger partial charge in [0.25, 0.3) is 0 Å². The predicted molar refractivity (Wildman–Crippen MR) is 76.5 cm³/mol. The average molecular weight is 285 g/mol. The number of alkyl halides is 1. The van der Waals surface area contributed by atoms with E-state index in [4.69, 9.17) is 25.8 Å². The van der Waals surface area contributed by atoms with Crippen molar-refractivity contribution in [2.45, 2.75) is 31.8 Å². The fourth-order valence-electron chi connectivity index (χ4n) is 2.53. The quantitative estimate of drug-likeness (QED) is 0.771. The van der Waals surface area contributed by atoms with Gasteiger partial charge in [-0.15, -0.1) is 11.6 Å². The van der Waals surface area contributed by atoms with Crippen LogP contribution >= 0.6 is 11.6 Å². The lowest BCUT2D eigenvalue weighted by molar-refractivity contribution is 0.0501. The van der Waals surface area contributed by atoms with Crippen LogP contribution in [0.25, 0.3) is 0 Å². The Balaban J connectivity index is 2.35. The highest BCUT2D eigenvalue weighted by Gasteiger charge is 2.21. The van der Waals surface area contributed by atoms with Gasteiger partial charge in [0.2, 0.25) is 0 Å². The predicted octanol–water partition coefficient (Wildman–Crippen LogP) is 3.73. The Morgan fingerprint density at radius 1 is 1.26 bits per heavy atom. The third-order valence-electron chi connectivity index (χ3n) is 3.50. The number of ether oxygens (including phenoxy) is 3. The Kier molecular flexibility index (Phi) is 5.34. The molecule has 0 saturated heterocycles. The molecule has 0 spiro atoms. The molecular formula is C15H21ClO3. The molecule has 4 heteroatoms. The minimum Gasteiger partial charge on any atom is -0.493 e. The minimum absolute atomic E-state index is 0.121. The van der Waals surface area contributed by atoms with E-state index in [2.05, 4.69) is 12.1 Å². The molecule has 1 aliphatic heterocycles. The molecule has 3 nitrogen and oxygen atoms in total. The van der Waals surface area contributed by atoms with Crippen LogP contribution in [0.1, 0.15) is 36.5 Å².